The highest BCUT2D eigenvalue weighted by atomic mass is 19.1. The molecule has 53 heavy (non-hydrogen) atoms. The van der Waals surface area contributed by atoms with Gasteiger partial charge in [-0.15, -0.1) is 0 Å². The lowest BCUT2D eigenvalue weighted by atomic mass is 9.81. The number of hydrogen-bond acceptors (Lipinski definition) is 10. The predicted octanol–water partition coefficient (Wildman–Crippen LogP) is 6.36. The number of fused-ring (bicyclic) bond motifs is 4. The van der Waals surface area contributed by atoms with Crippen LogP contribution in [0, 0.1) is 11.2 Å². The van der Waals surface area contributed by atoms with Crippen LogP contribution in [-0.2, 0) is 15.9 Å². The summed E-state index contributed by atoms with van der Waals surface area (Å²) in [6.45, 7) is 13.3. The Morgan fingerprint density at radius 3 is 2.68 bits per heavy atom. The molecule has 3 aromatic rings. The molecule has 2 N–H and O–H groups in total. The van der Waals surface area contributed by atoms with E-state index in [0.29, 0.717) is 82.9 Å². The first-order chi connectivity index (χ1) is 25.4. The lowest BCUT2D eigenvalue weighted by molar-refractivity contribution is -0.0123. The Bertz CT molecular complexity index is 2040. The fourth-order valence-electron chi connectivity index (χ4n) is 8.60. The van der Waals surface area contributed by atoms with E-state index in [9.17, 15) is 10.2 Å². The Morgan fingerprint density at radius 1 is 1.19 bits per heavy atom. The number of aliphatic hydroxyl groups is 1. The summed E-state index contributed by atoms with van der Waals surface area (Å²) in [4.78, 5) is 19.2. The van der Waals surface area contributed by atoms with E-state index in [0.717, 1.165) is 39.0 Å². The van der Waals surface area contributed by atoms with Crippen LogP contribution in [0.15, 0.2) is 35.3 Å². The second-order valence-electron chi connectivity index (χ2n) is 16.0. The molecule has 1 saturated carbocycles. The van der Waals surface area contributed by atoms with Gasteiger partial charge in [0.05, 0.1) is 50.4 Å². The minimum absolute atomic E-state index is 0.0189. The molecule has 2 bridgehead atoms. The van der Waals surface area contributed by atoms with Gasteiger partial charge in [0.25, 0.3) is 0 Å². The van der Waals surface area contributed by atoms with Gasteiger partial charge in [-0.05, 0) is 93.5 Å². The number of rotatable bonds is 9. The van der Waals surface area contributed by atoms with Gasteiger partial charge in [0.15, 0.2) is 5.83 Å². The maximum atomic E-state index is 17.9. The van der Waals surface area contributed by atoms with Crippen LogP contribution in [0.4, 0.5) is 14.6 Å². The van der Waals surface area contributed by atoms with Crippen molar-refractivity contribution in [2.45, 2.75) is 84.1 Å². The number of hydrogen-bond donors (Lipinski definition) is 2. The third-order valence-electron chi connectivity index (χ3n) is 11.3. The molecule has 1 aromatic heterocycles. The topological polar surface area (TPSA) is 113 Å². The molecular formula is C41H49F2N5O5. The van der Waals surface area contributed by atoms with Gasteiger partial charge in [0.1, 0.15) is 28.7 Å². The number of ether oxygens (including phenoxy) is 3. The molecule has 0 spiro atoms. The molecule has 3 unspecified atom stereocenters. The van der Waals surface area contributed by atoms with Crippen molar-refractivity contribution in [1.82, 2.24) is 14.9 Å². The first kappa shape index (κ1) is 36.0. The molecule has 10 nitrogen and oxygen atoms in total. The molecule has 12 heteroatoms. The standard InChI is InChI=1S/C41H49F2N5O5/c1-6-28-31(42)9-8-24-14-26(49)16-30(32(24)28)33-35(43)37-34(29(7-2)36(33)44-23(3)4)38(47-12-13-51-21-40(5,50)19-47)46-39(45-37)53-22-41(10-11-41)20-48-17-27-15-25(48)18-52-27/h7-9,14,16,23,25,27,49-50H,6,10-13,15,17-22H2,1-5H3/b29-7-,44-36?. The number of morpholine rings is 1. The Balaban J connectivity index is 1.31. The second kappa shape index (κ2) is 13.7. The highest BCUT2D eigenvalue weighted by Crippen LogP contribution is 2.50. The van der Waals surface area contributed by atoms with E-state index in [4.69, 9.17) is 29.2 Å². The van der Waals surface area contributed by atoms with Gasteiger partial charge in [-0.25, -0.2) is 8.78 Å². The molecule has 5 aliphatic rings. The molecule has 3 saturated heterocycles. The van der Waals surface area contributed by atoms with Crippen LogP contribution < -0.4 is 9.64 Å². The first-order valence-corrected chi connectivity index (χ1v) is 18.9. The Hall–Kier alpha value is -3.97. The summed E-state index contributed by atoms with van der Waals surface area (Å²) >= 11 is 0. The molecule has 4 heterocycles. The van der Waals surface area contributed by atoms with Crippen LogP contribution in [0.1, 0.15) is 76.3 Å². The fraction of sp³-hybridized carbons (Fsp3) is 0.537. The van der Waals surface area contributed by atoms with Crippen LogP contribution in [-0.4, -0.2) is 107 Å². The zero-order valence-electron chi connectivity index (χ0n) is 31.2. The lowest BCUT2D eigenvalue weighted by Gasteiger charge is -2.33. The summed E-state index contributed by atoms with van der Waals surface area (Å²) in [7, 11) is 0. The number of aryl methyl sites for hydroxylation is 1. The van der Waals surface area contributed by atoms with Crippen molar-refractivity contribution in [3.05, 3.63) is 58.5 Å². The quantitative estimate of drug-likeness (QED) is 0.260. The second-order valence-corrected chi connectivity index (χ2v) is 16.0. The number of aliphatic imine (C=N–C) groups is 1. The maximum Gasteiger partial charge on any atom is 0.319 e. The number of benzene rings is 2. The molecule has 2 aromatic carbocycles. The molecule has 0 radical (unpaired) electrons. The summed E-state index contributed by atoms with van der Waals surface area (Å²) in [5.74, 6) is -0.750. The Labute approximate surface area is 309 Å². The molecule has 8 rings (SSSR count). The van der Waals surface area contributed by atoms with Crippen molar-refractivity contribution in [3.63, 3.8) is 0 Å². The molecule has 3 aliphatic heterocycles. The van der Waals surface area contributed by atoms with Crippen LogP contribution in [0.5, 0.6) is 11.8 Å². The molecular weight excluding hydrogens is 680 g/mol. The number of aromatic nitrogens is 2. The van der Waals surface area contributed by atoms with Crippen molar-refractivity contribution >= 4 is 39.3 Å². The van der Waals surface area contributed by atoms with E-state index < -0.39 is 17.2 Å². The highest BCUT2D eigenvalue weighted by molar-refractivity contribution is 6.51. The number of halogens is 2. The van der Waals surface area contributed by atoms with Crippen molar-refractivity contribution in [2.75, 3.05) is 57.5 Å². The zero-order valence-corrected chi connectivity index (χ0v) is 31.2. The zero-order chi connectivity index (χ0) is 37.2. The fourth-order valence-corrected chi connectivity index (χ4v) is 8.60. The van der Waals surface area contributed by atoms with Crippen molar-refractivity contribution < 1.29 is 33.2 Å². The average molecular weight is 730 g/mol. The molecule has 3 atom stereocenters. The number of anilines is 1. The number of likely N-dealkylation sites (tertiary alicyclic amines) is 1. The molecule has 282 valence electrons. The largest absolute Gasteiger partial charge is 0.508 e. The van der Waals surface area contributed by atoms with Gasteiger partial charge in [0, 0.05) is 48.3 Å². The van der Waals surface area contributed by atoms with Gasteiger partial charge in [-0.1, -0.05) is 19.1 Å². The van der Waals surface area contributed by atoms with E-state index in [1.165, 1.54) is 12.1 Å². The van der Waals surface area contributed by atoms with Crippen LogP contribution >= 0.6 is 0 Å². The normalized spacial score (nSPS) is 27.0. The van der Waals surface area contributed by atoms with Gasteiger partial charge in [-0.2, -0.15) is 9.97 Å². The number of β-amino-alcohol motifs (C(OH)–C–C–N with tert-alkyl or cyclic N) is 1. The van der Waals surface area contributed by atoms with Gasteiger partial charge >= 0.3 is 6.01 Å². The smallest absolute Gasteiger partial charge is 0.319 e. The molecule has 2 aliphatic carbocycles. The maximum absolute atomic E-state index is 17.9. The highest BCUT2D eigenvalue weighted by Gasteiger charge is 2.49. The van der Waals surface area contributed by atoms with Gasteiger partial charge < -0.3 is 29.3 Å². The van der Waals surface area contributed by atoms with Gasteiger partial charge in [0.2, 0.25) is 0 Å². The van der Waals surface area contributed by atoms with E-state index in [1.807, 2.05) is 38.7 Å². The number of allylic oxidation sites excluding steroid dienone is 3. The Kier molecular flexibility index (Phi) is 9.32. The summed E-state index contributed by atoms with van der Waals surface area (Å²) in [6, 6.07) is 6.26. The minimum Gasteiger partial charge on any atom is -0.508 e. The minimum atomic E-state index is -1.20. The first-order valence-electron chi connectivity index (χ1n) is 18.9. The van der Waals surface area contributed by atoms with E-state index in [2.05, 4.69) is 4.90 Å². The summed E-state index contributed by atoms with van der Waals surface area (Å²) in [5.41, 5.74) is 1.00. The Morgan fingerprint density at radius 2 is 2.00 bits per heavy atom. The van der Waals surface area contributed by atoms with Crippen LogP contribution in [0.2, 0.25) is 0 Å². The van der Waals surface area contributed by atoms with Crippen molar-refractivity contribution in [1.29, 1.82) is 0 Å². The van der Waals surface area contributed by atoms with Crippen LogP contribution in [0.3, 0.4) is 0 Å². The van der Waals surface area contributed by atoms with Crippen LogP contribution in [0.25, 0.3) is 27.7 Å². The number of nitrogens with zero attached hydrogens (tertiary/aromatic N) is 5. The summed E-state index contributed by atoms with van der Waals surface area (Å²) < 4.78 is 51.4. The summed E-state index contributed by atoms with van der Waals surface area (Å²) in [6.07, 6.45) is 5.63. The van der Waals surface area contributed by atoms with Crippen molar-refractivity contribution in [2.24, 2.45) is 10.4 Å². The third-order valence-corrected chi connectivity index (χ3v) is 11.3. The average Bonchev–Trinajstić information content (AvgIpc) is 3.62. The van der Waals surface area contributed by atoms with E-state index >= 15 is 8.78 Å². The van der Waals surface area contributed by atoms with E-state index in [-0.39, 0.29) is 47.6 Å². The number of phenolic OH excluding ortho intramolecular Hbond substituents is 1. The third kappa shape index (κ3) is 6.72. The SMILES string of the molecule is C/C=C1\C(=NC(C)C)C(c2cc(O)cc3ccc(F)c(CC)c23)=C(F)c2nc(OCC3(CN4CC5CC4CO5)CC3)nc(N3CCOCC(C)(O)C3)c21. The number of phenols is 1. The molecule has 4 fully saturated rings. The lowest BCUT2D eigenvalue weighted by Crippen LogP contribution is -2.43. The molecule has 0 amide bonds. The predicted molar refractivity (Wildman–Crippen MR) is 202 cm³/mol. The monoisotopic (exact) mass is 729 g/mol. The summed E-state index contributed by atoms with van der Waals surface area (Å²) in [5, 5.41) is 23.3. The van der Waals surface area contributed by atoms with Gasteiger partial charge in [-0.3, -0.25) is 9.89 Å². The number of aromatic hydroxyl groups is 1. The van der Waals surface area contributed by atoms with Crippen molar-refractivity contribution in [3.8, 4) is 11.8 Å². The van der Waals surface area contributed by atoms with E-state index in [1.54, 1.807) is 19.1 Å².